The molecule has 0 saturated heterocycles. The van der Waals surface area contributed by atoms with Gasteiger partial charge in [-0.1, -0.05) is 57.6 Å². The minimum absolute atomic E-state index is 0.0344. The summed E-state index contributed by atoms with van der Waals surface area (Å²) in [5.74, 6) is 0.706. The highest BCUT2D eigenvalue weighted by Gasteiger charge is 2.22. The van der Waals surface area contributed by atoms with E-state index >= 15 is 0 Å². The molecule has 1 aromatic heterocycles. The predicted octanol–water partition coefficient (Wildman–Crippen LogP) is 6.03. The first-order chi connectivity index (χ1) is 15.6. The number of hydrogen-bond acceptors (Lipinski definition) is 5. The Balaban J connectivity index is 1.90. The normalized spacial score (nSPS) is 11.3. The van der Waals surface area contributed by atoms with Crippen molar-refractivity contribution in [2.45, 2.75) is 47.0 Å². The Kier molecular flexibility index (Phi) is 9.06. The third-order valence-electron chi connectivity index (χ3n) is 5.71. The molecule has 0 radical (unpaired) electrons. The number of rotatable bonds is 12. The van der Waals surface area contributed by atoms with E-state index < -0.39 is 0 Å². The van der Waals surface area contributed by atoms with Crippen LogP contribution in [0, 0.1) is 0 Å². The van der Waals surface area contributed by atoms with E-state index in [1.807, 2.05) is 29.2 Å². The van der Waals surface area contributed by atoms with E-state index in [-0.39, 0.29) is 5.91 Å². The van der Waals surface area contributed by atoms with Gasteiger partial charge in [0, 0.05) is 18.7 Å². The fourth-order valence-electron chi connectivity index (χ4n) is 3.57. The molecule has 3 aromatic rings. The molecule has 1 amide bonds. The zero-order valence-corrected chi connectivity index (χ0v) is 20.6. The summed E-state index contributed by atoms with van der Waals surface area (Å²) in [7, 11) is 0. The number of nitrogens with zero attached hydrogens (tertiary/aromatic N) is 3. The molecule has 1 heterocycles. The minimum atomic E-state index is -0.0344. The number of amides is 1. The summed E-state index contributed by atoms with van der Waals surface area (Å²) in [6.45, 7) is 12.6. The quantitative estimate of drug-likeness (QED) is 0.314. The summed E-state index contributed by atoms with van der Waals surface area (Å²) in [5, 5.41) is 0.753. The highest BCUT2D eigenvalue weighted by molar-refractivity contribution is 7.22. The minimum Gasteiger partial charge on any atom is -0.494 e. The summed E-state index contributed by atoms with van der Waals surface area (Å²) in [6, 6.07) is 13.9. The number of ether oxygens (including phenoxy) is 1. The molecule has 6 heteroatoms. The van der Waals surface area contributed by atoms with Gasteiger partial charge in [0.05, 0.1) is 16.8 Å². The molecule has 172 valence electrons. The molecule has 0 N–H and O–H groups in total. The molecule has 2 aromatic carbocycles. The average molecular weight is 454 g/mol. The van der Waals surface area contributed by atoms with Gasteiger partial charge in [-0.25, -0.2) is 4.98 Å². The van der Waals surface area contributed by atoms with Crippen LogP contribution in [0.1, 0.15) is 56.5 Å². The van der Waals surface area contributed by atoms with Crippen molar-refractivity contribution in [2.75, 3.05) is 37.7 Å². The lowest BCUT2D eigenvalue weighted by Crippen LogP contribution is -2.38. The van der Waals surface area contributed by atoms with Crippen molar-refractivity contribution in [1.82, 2.24) is 9.88 Å². The number of anilines is 1. The maximum absolute atomic E-state index is 13.6. The van der Waals surface area contributed by atoms with E-state index in [0.717, 1.165) is 60.0 Å². The molecule has 5 nitrogen and oxygen atoms in total. The summed E-state index contributed by atoms with van der Waals surface area (Å²) in [5.41, 5.74) is 2.86. The van der Waals surface area contributed by atoms with E-state index in [1.54, 1.807) is 11.3 Å². The van der Waals surface area contributed by atoms with Crippen LogP contribution in [0.5, 0.6) is 5.75 Å². The first-order valence-corrected chi connectivity index (χ1v) is 12.6. The van der Waals surface area contributed by atoms with Crippen molar-refractivity contribution in [3.05, 3.63) is 53.6 Å². The van der Waals surface area contributed by atoms with Crippen molar-refractivity contribution in [3.63, 3.8) is 0 Å². The zero-order chi connectivity index (χ0) is 22.9. The lowest BCUT2D eigenvalue weighted by atomic mass is 10.2. The van der Waals surface area contributed by atoms with Crippen LogP contribution in [0.4, 0.5) is 5.13 Å². The molecule has 0 saturated carbocycles. The smallest absolute Gasteiger partial charge is 0.260 e. The second-order valence-electron chi connectivity index (χ2n) is 7.87. The summed E-state index contributed by atoms with van der Waals surface area (Å²) in [4.78, 5) is 22.6. The Hall–Kier alpha value is -2.44. The second kappa shape index (κ2) is 12.0. The molecule has 0 aliphatic carbocycles. The van der Waals surface area contributed by atoms with Crippen LogP contribution < -0.4 is 9.64 Å². The van der Waals surface area contributed by atoms with Crippen molar-refractivity contribution in [1.29, 1.82) is 0 Å². The van der Waals surface area contributed by atoms with Crippen molar-refractivity contribution in [3.8, 4) is 5.75 Å². The van der Waals surface area contributed by atoms with Gasteiger partial charge in [-0.15, -0.1) is 0 Å². The number of carbonyl (C=O) groups excluding carboxylic acids is 1. The summed E-state index contributed by atoms with van der Waals surface area (Å²) in [6.07, 6.45) is 3.06. The van der Waals surface area contributed by atoms with Crippen LogP contribution in [0.25, 0.3) is 10.2 Å². The van der Waals surface area contributed by atoms with Gasteiger partial charge in [-0.3, -0.25) is 9.69 Å². The number of aromatic nitrogens is 1. The molecular formula is C26H35N3O2S. The summed E-state index contributed by atoms with van der Waals surface area (Å²) < 4.78 is 6.96. The molecule has 3 rings (SSSR count). The fraction of sp³-hybridized carbons (Fsp3) is 0.462. The number of fused-ring (bicyclic) bond motifs is 1. The molecule has 0 bridgehead atoms. The molecule has 0 aliphatic rings. The van der Waals surface area contributed by atoms with Crippen LogP contribution in [0.2, 0.25) is 0 Å². The average Bonchev–Trinajstić information content (AvgIpc) is 3.24. The van der Waals surface area contributed by atoms with Crippen LogP contribution in [-0.2, 0) is 6.42 Å². The van der Waals surface area contributed by atoms with E-state index in [0.29, 0.717) is 18.7 Å². The number of carbonyl (C=O) groups is 1. The number of unbranched alkanes of at least 4 members (excludes halogenated alkanes) is 1. The number of benzene rings is 2. The SMILES string of the molecule is CCCCOc1cccc(C(=O)N(CCN(CC)CC)c2nc3ccc(CC)cc3s2)c1. The first-order valence-electron chi connectivity index (χ1n) is 11.8. The maximum Gasteiger partial charge on any atom is 0.260 e. The van der Waals surface area contributed by atoms with Crippen LogP contribution in [0.15, 0.2) is 42.5 Å². The number of hydrogen-bond donors (Lipinski definition) is 0. The highest BCUT2D eigenvalue weighted by Crippen LogP contribution is 2.31. The maximum atomic E-state index is 13.6. The molecule has 0 unspecified atom stereocenters. The van der Waals surface area contributed by atoms with Gasteiger partial charge in [0.2, 0.25) is 0 Å². The largest absolute Gasteiger partial charge is 0.494 e. The van der Waals surface area contributed by atoms with E-state index in [4.69, 9.17) is 9.72 Å². The van der Waals surface area contributed by atoms with Gasteiger partial charge in [0.15, 0.2) is 5.13 Å². The Morgan fingerprint density at radius 3 is 2.56 bits per heavy atom. The van der Waals surface area contributed by atoms with E-state index in [1.165, 1.54) is 5.56 Å². The van der Waals surface area contributed by atoms with Crippen molar-refractivity contribution in [2.24, 2.45) is 0 Å². The van der Waals surface area contributed by atoms with Gasteiger partial charge >= 0.3 is 0 Å². The summed E-state index contributed by atoms with van der Waals surface area (Å²) >= 11 is 1.59. The van der Waals surface area contributed by atoms with Gasteiger partial charge in [0.25, 0.3) is 5.91 Å². The Labute approximate surface area is 196 Å². The van der Waals surface area contributed by atoms with Gasteiger partial charge in [-0.05, 0) is 61.8 Å². The Morgan fingerprint density at radius 2 is 1.84 bits per heavy atom. The first kappa shape index (κ1) is 24.2. The Bertz CT molecular complexity index is 1010. The monoisotopic (exact) mass is 453 g/mol. The van der Waals surface area contributed by atoms with Crippen LogP contribution in [-0.4, -0.2) is 48.6 Å². The second-order valence-corrected chi connectivity index (χ2v) is 8.87. The van der Waals surface area contributed by atoms with E-state index in [2.05, 4.69) is 50.8 Å². The van der Waals surface area contributed by atoms with E-state index in [9.17, 15) is 4.79 Å². The lowest BCUT2D eigenvalue weighted by molar-refractivity contribution is 0.0983. The Morgan fingerprint density at radius 1 is 1.03 bits per heavy atom. The number of thiazole rings is 1. The number of likely N-dealkylation sites (N-methyl/N-ethyl adjacent to an activating group) is 1. The van der Waals surface area contributed by atoms with Crippen LogP contribution in [0.3, 0.4) is 0 Å². The van der Waals surface area contributed by atoms with Crippen molar-refractivity contribution < 1.29 is 9.53 Å². The molecule has 0 aliphatic heterocycles. The lowest BCUT2D eigenvalue weighted by Gasteiger charge is -2.25. The molecule has 0 fully saturated rings. The van der Waals surface area contributed by atoms with Crippen molar-refractivity contribution >= 4 is 32.6 Å². The molecule has 0 atom stereocenters. The predicted molar refractivity (Wildman–Crippen MR) is 135 cm³/mol. The molecular weight excluding hydrogens is 418 g/mol. The standard InChI is InChI=1S/C26H35N3O2S/c1-5-9-17-31-22-12-10-11-21(19-22)25(30)29(16-15-28(7-3)8-4)26-27-23-14-13-20(6-2)18-24(23)32-26/h10-14,18-19H,5-9,15-17H2,1-4H3. The molecule has 32 heavy (non-hydrogen) atoms. The third kappa shape index (κ3) is 6.08. The third-order valence-corrected chi connectivity index (χ3v) is 6.75. The molecule has 0 spiro atoms. The number of aryl methyl sites for hydroxylation is 1. The van der Waals surface area contributed by atoms with Gasteiger partial charge < -0.3 is 9.64 Å². The highest BCUT2D eigenvalue weighted by atomic mass is 32.1. The zero-order valence-electron chi connectivity index (χ0n) is 19.8. The fourth-order valence-corrected chi connectivity index (χ4v) is 4.62. The van der Waals surface area contributed by atoms with Gasteiger partial charge in [-0.2, -0.15) is 0 Å². The topological polar surface area (TPSA) is 45.7 Å². The van der Waals surface area contributed by atoms with Gasteiger partial charge in [0.1, 0.15) is 5.75 Å². The van der Waals surface area contributed by atoms with Crippen LogP contribution >= 0.6 is 11.3 Å².